The van der Waals surface area contributed by atoms with E-state index in [2.05, 4.69) is 5.32 Å². The van der Waals surface area contributed by atoms with Crippen molar-refractivity contribution in [2.75, 3.05) is 13.1 Å². The first kappa shape index (κ1) is 14.8. The summed E-state index contributed by atoms with van der Waals surface area (Å²) < 4.78 is 0. The third-order valence-corrected chi connectivity index (χ3v) is 4.47. The molecule has 2 rings (SSSR count). The minimum atomic E-state index is -0.779. The van der Waals surface area contributed by atoms with Gasteiger partial charge in [0.15, 0.2) is 0 Å². The fourth-order valence-electron chi connectivity index (χ4n) is 3.17. The van der Waals surface area contributed by atoms with Crippen LogP contribution in [0.2, 0.25) is 0 Å². The van der Waals surface area contributed by atoms with Crippen LogP contribution in [-0.2, 0) is 14.4 Å². The van der Waals surface area contributed by atoms with E-state index < -0.39 is 11.9 Å². The van der Waals surface area contributed by atoms with Crippen LogP contribution in [0.15, 0.2) is 0 Å². The van der Waals surface area contributed by atoms with Gasteiger partial charge < -0.3 is 21.7 Å². The monoisotopic (exact) mass is 282 g/mol. The van der Waals surface area contributed by atoms with Crippen LogP contribution >= 0.6 is 0 Å². The maximum Gasteiger partial charge on any atom is 0.234 e. The number of hydrogen-bond acceptors (Lipinski definition) is 4. The molecule has 2 unspecified atom stereocenters. The van der Waals surface area contributed by atoms with Crippen LogP contribution in [0.5, 0.6) is 0 Å². The minimum absolute atomic E-state index is 0.0574. The topological polar surface area (TPSA) is 119 Å². The van der Waals surface area contributed by atoms with Gasteiger partial charge in [-0.3, -0.25) is 14.4 Å². The van der Waals surface area contributed by atoms with Crippen molar-refractivity contribution >= 4 is 17.7 Å². The Hall–Kier alpha value is -1.63. The number of hydrogen-bond donors (Lipinski definition) is 3. The Labute approximate surface area is 118 Å². The molecule has 2 atom stereocenters. The summed E-state index contributed by atoms with van der Waals surface area (Å²) in [4.78, 5) is 36.1. The van der Waals surface area contributed by atoms with Crippen molar-refractivity contribution in [2.24, 2.45) is 17.4 Å². The van der Waals surface area contributed by atoms with Gasteiger partial charge in [-0.15, -0.1) is 0 Å². The lowest BCUT2D eigenvalue weighted by Crippen LogP contribution is -2.51. The smallest absolute Gasteiger partial charge is 0.234 e. The SMILES string of the molecule is CC(=O)N1CCC2(CC1)CC(CC(N)C(N)=O)C(=O)N2. The number of nitrogens with zero attached hydrogens (tertiary/aromatic N) is 1. The summed E-state index contributed by atoms with van der Waals surface area (Å²) in [5, 5.41) is 3.04. The van der Waals surface area contributed by atoms with Gasteiger partial charge in [-0.05, 0) is 25.7 Å². The molecule has 0 aromatic rings. The van der Waals surface area contributed by atoms with Crippen molar-refractivity contribution in [1.82, 2.24) is 10.2 Å². The van der Waals surface area contributed by atoms with Gasteiger partial charge in [0.1, 0.15) is 0 Å². The largest absolute Gasteiger partial charge is 0.368 e. The number of carbonyl (C=O) groups excluding carboxylic acids is 3. The molecule has 0 bridgehead atoms. The third kappa shape index (κ3) is 2.92. The Bertz CT molecular complexity index is 429. The van der Waals surface area contributed by atoms with E-state index in [1.807, 2.05) is 0 Å². The van der Waals surface area contributed by atoms with Crippen molar-refractivity contribution in [3.8, 4) is 0 Å². The van der Waals surface area contributed by atoms with E-state index in [-0.39, 0.29) is 23.3 Å². The van der Waals surface area contributed by atoms with Crippen LogP contribution in [0.25, 0.3) is 0 Å². The number of likely N-dealkylation sites (tertiary alicyclic amines) is 1. The van der Waals surface area contributed by atoms with Gasteiger partial charge >= 0.3 is 0 Å². The van der Waals surface area contributed by atoms with E-state index in [0.717, 1.165) is 12.8 Å². The molecule has 0 aliphatic carbocycles. The van der Waals surface area contributed by atoms with Crippen molar-refractivity contribution in [3.05, 3.63) is 0 Å². The zero-order valence-electron chi connectivity index (χ0n) is 11.7. The quantitative estimate of drug-likeness (QED) is 0.596. The zero-order chi connectivity index (χ0) is 14.9. The molecule has 2 aliphatic heterocycles. The number of amides is 3. The summed E-state index contributed by atoms with van der Waals surface area (Å²) in [7, 11) is 0. The molecule has 0 radical (unpaired) electrons. The lowest BCUT2D eigenvalue weighted by Gasteiger charge is -2.39. The highest BCUT2D eigenvalue weighted by Crippen LogP contribution is 2.36. The summed E-state index contributed by atoms with van der Waals surface area (Å²) >= 11 is 0. The van der Waals surface area contributed by atoms with E-state index in [1.54, 1.807) is 11.8 Å². The number of nitrogens with one attached hydrogen (secondary N) is 1. The second kappa shape index (κ2) is 5.40. The Balaban J connectivity index is 1.95. The van der Waals surface area contributed by atoms with Crippen LogP contribution in [-0.4, -0.2) is 47.3 Å². The zero-order valence-corrected chi connectivity index (χ0v) is 11.7. The summed E-state index contributed by atoms with van der Waals surface area (Å²) in [5.41, 5.74) is 10.5. The molecule has 20 heavy (non-hydrogen) atoms. The van der Waals surface area contributed by atoms with Crippen molar-refractivity contribution in [3.63, 3.8) is 0 Å². The summed E-state index contributed by atoms with van der Waals surface area (Å²) in [5.74, 6) is -0.832. The van der Waals surface area contributed by atoms with E-state index in [4.69, 9.17) is 11.5 Å². The second-order valence-corrected chi connectivity index (χ2v) is 5.92. The molecule has 2 heterocycles. The molecular formula is C13H22N4O3. The average molecular weight is 282 g/mol. The predicted molar refractivity (Wildman–Crippen MR) is 72.3 cm³/mol. The van der Waals surface area contributed by atoms with E-state index >= 15 is 0 Å². The fraction of sp³-hybridized carbons (Fsp3) is 0.769. The Kier molecular flexibility index (Phi) is 3.99. The Morgan fingerprint density at radius 3 is 2.55 bits per heavy atom. The van der Waals surface area contributed by atoms with Crippen LogP contribution in [0.4, 0.5) is 0 Å². The van der Waals surface area contributed by atoms with Gasteiger partial charge in [0.25, 0.3) is 0 Å². The highest BCUT2D eigenvalue weighted by molar-refractivity contribution is 5.85. The van der Waals surface area contributed by atoms with E-state index in [1.165, 1.54) is 0 Å². The predicted octanol–water partition coefficient (Wildman–Crippen LogP) is -1.29. The fourth-order valence-corrected chi connectivity index (χ4v) is 3.17. The molecule has 2 saturated heterocycles. The van der Waals surface area contributed by atoms with Gasteiger partial charge in [0.05, 0.1) is 6.04 Å². The molecule has 5 N–H and O–H groups in total. The number of nitrogens with two attached hydrogens (primary N) is 2. The Morgan fingerprint density at radius 1 is 1.45 bits per heavy atom. The molecule has 7 nitrogen and oxygen atoms in total. The maximum absolute atomic E-state index is 12.0. The summed E-state index contributed by atoms with van der Waals surface area (Å²) in [6.45, 7) is 2.87. The van der Waals surface area contributed by atoms with Gasteiger partial charge in [0, 0.05) is 31.5 Å². The Morgan fingerprint density at radius 2 is 2.05 bits per heavy atom. The minimum Gasteiger partial charge on any atom is -0.368 e. The van der Waals surface area contributed by atoms with Crippen LogP contribution in [0, 0.1) is 5.92 Å². The number of carbonyl (C=O) groups is 3. The first-order valence-electron chi connectivity index (χ1n) is 6.95. The van der Waals surface area contributed by atoms with Crippen molar-refractivity contribution < 1.29 is 14.4 Å². The first-order valence-corrected chi connectivity index (χ1v) is 6.95. The van der Waals surface area contributed by atoms with Crippen LogP contribution in [0.3, 0.4) is 0 Å². The normalized spacial score (nSPS) is 26.4. The van der Waals surface area contributed by atoms with E-state index in [9.17, 15) is 14.4 Å². The standard InChI is InChI=1S/C13H22N4O3/c1-8(18)17-4-2-13(3-5-17)7-9(12(20)16-13)6-10(14)11(15)19/h9-10H,2-7,14H2,1H3,(H2,15,19)(H,16,20). The van der Waals surface area contributed by atoms with E-state index in [0.29, 0.717) is 25.9 Å². The lowest BCUT2D eigenvalue weighted by atomic mass is 9.82. The summed E-state index contributed by atoms with van der Waals surface area (Å²) in [6.07, 6.45) is 2.46. The molecule has 1 spiro atoms. The third-order valence-electron chi connectivity index (χ3n) is 4.47. The molecular weight excluding hydrogens is 260 g/mol. The van der Waals surface area contributed by atoms with Gasteiger partial charge in [-0.1, -0.05) is 0 Å². The molecule has 0 aromatic carbocycles. The molecule has 2 fully saturated rings. The van der Waals surface area contributed by atoms with Gasteiger partial charge in [-0.2, -0.15) is 0 Å². The van der Waals surface area contributed by atoms with Crippen LogP contribution < -0.4 is 16.8 Å². The first-order chi connectivity index (χ1) is 9.33. The highest BCUT2D eigenvalue weighted by atomic mass is 16.2. The van der Waals surface area contributed by atoms with Gasteiger partial charge in [0.2, 0.25) is 17.7 Å². The highest BCUT2D eigenvalue weighted by Gasteiger charge is 2.46. The molecule has 112 valence electrons. The second-order valence-electron chi connectivity index (χ2n) is 5.92. The van der Waals surface area contributed by atoms with Crippen molar-refractivity contribution in [2.45, 2.75) is 44.2 Å². The molecule has 7 heteroatoms. The molecule has 0 aromatic heterocycles. The maximum atomic E-state index is 12.0. The molecule has 3 amide bonds. The van der Waals surface area contributed by atoms with Crippen molar-refractivity contribution in [1.29, 1.82) is 0 Å². The average Bonchev–Trinajstić information content (AvgIpc) is 2.66. The molecule has 0 saturated carbocycles. The van der Waals surface area contributed by atoms with Crippen LogP contribution in [0.1, 0.15) is 32.6 Å². The number of primary amides is 1. The number of piperidine rings is 1. The number of rotatable bonds is 3. The van der Waals surface area contributed by atoms with Gasteiger partial charge in [-0.25, -0.2) is 0 Å². The lowest BCUT2D eigenvalue weighted by molar-refractivity contribution is -0.130. The molecule has 2 aliphatic rings. The summed E-state index contributed by atoms with van der Waals surface area (Å²) in [6, 6.07) is -0.779.